The molecular formula is C22H22F3N3O2. The van der Waals surface area contributed by atoms with E-state index in [4.69, 9.17) is 0 Å². The van der Waals surface area contributed by atoms with E-state index in [2.05, 4.69) is 0 Å². The molecule has 8 heteroatoms. The van der Waals surface area contributed by atoms with Crippen LogP contribution in [-0.4, -0.2) is 41.1 Å². The smallest absolute Gasteiger partial charge is 0.343 e. The number of aromatic nitrogens is 1. The lowest BCUT2D eigenvalue weighted by Crippen LogP contribution is -2.33. The Morgan fingerprint density at radius 1 is 1.07 bits per heavy atom. The molecule has 1 N–H and O–H groups in total. The third kappa shape index (κ3) is 5.20. The number of hydrogen-bond donors (Lipinski definition) is 1. The summed E-state index contributed by atoms with van der Waals surface area (Å²) >= 11 is 0. The summed E-state index contributed by atoms with van der Waals surface area (Å²) in [6.07, 6.45) is -4.46. The Kier molecular flexibility index (Phi) is 6.14. The highest BCUT2D eigenvalue weighted by Crippen LogP contribution is 2.19. The Labute approximate surface area is 172 Å². The number of fused-ring (bicyclic) bond motifs is 1. The van der Waals surface area contributed by atoms with E-state index in [9.17, 15) is 22.8 Å². The number of likely N-dealkylation sites (N-methyl/N-ethyl adjacent to an activating group) is 1. The Balaban J connectivity index is 1.61. The summed E-state index contributed by atoms with van der Waals surface area (Å²) in [5, 5.41) is 2.90. The lowest BCUT2D eigenvalue weighted by molar-refractivity contribution is -0.131. The first-order chi connectivity index (χ1) is 14.1. The van der Waals surface area contributed by atoms with Gasteiger partial charge in [0.25, 0.3) is 5.91 Å². The quantitative estimate of drug-likeness (QED) is 0.662. The van der Waals surface area contributed by atoms with Gasteiger partial charge >= 0.3 is 6.18 Å². The van der Waals surface area contributed by atoms with Crippen LogP contribution in [0.5, 0.6) is 0 Å². The summed E-state index contributed by atoms with van der Waals surface area (Å²) in [4.78, 5) is 26.0. The molecule has 0 fully saturated rings. The van der Waals surface area contributed by atoms with E-state index in [1.165, 1.54) is 12.1 Å². The maximum absolute atomic E-state index is 12.7. The number of carbonyl (C=O) groups is 2. The molecule has 0 spiro atoms. The molecule has 3 aromatic rings. The van der Waals surface area contributed by atoms with Crippen LogP contribution in [0.3, 0.4) is 0 Å². The molecule has 0 bridgehead atoms. The monoisotopic (exact) mass is 417 g/mol. The first-order valence-electron chi connectivity index (χ1n) is 9.37. The average molecular weight is 417 g/mol. The molecule has 30 heavy (non-hydrogen) atoms. The van der Waals surface area contributed by atoms with Crippen LogP contribution in [0.1, 0.15) is 21.6 Å². The minimum Gasteiger partial charge on any atom is -0.343 e. The standard InChI is InChI=1S/C22H22F3N3O2/c1-15-11-18-5-3-4-6-19(18)28(15)13-20(29)27(2)12-16-7-9-17(10-8-16)21(30)26-14-22(23,24)25/h3-11H,12-14H2,1-2H3,(H,26,30). The highest BCUT2D eigenvalue weighted by Gasteiger charge is 2.27. The molecule has 3 rings (SSSR count). The van der Waals surface area contributed by atoms with Gasteiger partial charge in [0.2, 0.25) is 5.91 Å². The zero-order chi connectivity index (χ0) is 21.9. The molecule has 1 aromatic heterocycles. The van der Waals surface area contributed by atoms with Crippen LogP contribution in [0.4, 0.5) is 13.2 Å². The van der Waals surface area contributed by atoms with Gasteiger partial charge in [0.15, 0.2) is 0 Å². The van der Waals surface area contributed by atoms with E-state index in [0.717, 1.165) is 22.2 Å². The number of alkyl halides is 3. The Morgan fingerprint density at radius 3 is 2.40 bits per heavy atom. The van der Waals surface area contributed by atoms with Crippen LogP contribution in [-0.2, 0) is 17.9 Å². The lowest BCUT2D eigenvalue weighted by atomic mass is 10.1. The van der Waals surface area contributed by atoms with Gasteiger partial charge in [-0.15, -0.1) is 0 Å². The summed E-state index contributed by atoms with van der Waals surface area (Å²) in [5.74, 6) is -0.871. The number of nitrogens with one attached hydrogen (secondary N) is 1. The molecule has 158 valence electrons. The van der Waals surface area contributed by atoms with Crippen molar-refractivity contribution < 1.29 is 22.8 Å². The van der Waals surface area contributed by atoms with Gasteiger partial charge in [-0.3, -0.25) is 9.59 Å². The molecule has 0 aliphatic heterocycles. The average Bonchev–Trinajstić information content (AvgIpc) is 3.01. The molecule has 0 aliphatic carbocycles. The van der Waals surface area contributed by atoms with Gasteiger partial charge in [0.05, 0.1) is 0 Å². The van der Waals surface area contributed by atoms with E-state index in [-0.39, 0.29) is 18.0 Å². The van der Waals surface area contributed by atoms with E-state index in [1.807, 2.05) is 47.1 Å². The summed E-state index contributed by atoms with van der Waals surface area (Å²) in [7, 11) is 1.69. The molecule has 5 nitrogen and oxygen atoms in total. The van der Waals surface area contributed by atoms with Crippen LogP contribution in [0.15, 0.2) is 54.6 Å². The molecule has 0 unspecified atom stereocenters. The normalized spacial score (nSPS) is 11.5. The summed E-state index contributed by atoms with van der Waals surface area (Å²) in [6, 6.07) is 16.0. The van der Waals surface area contributed by atoms with Crippen molar-refractivity contribution in [3.63, 3.8) is 0 Å². The van der Waals surface area contributed by atoms with Gasteiger partial charge in [-0.05, 0) is 42.1 Å². The maximum atomic E-state index is 12.7. The number of aryl methyl sites for hydroxylation is 1. The lowest BCUT2D eigenvalue weighted by Gasteiger charge is -2.19. The number of rotatable bonds is 6. The van der Waals surface area contributed by atoms with Gasteiger partial charge < -0.3 is 14.8 Å². The molecule has 0 saturated carbocycles. The Hall–Kier alpha value is -3.29. The van der Waals surface area contributed by atoms with Gasteiger partial charge in [-0.1, -0.05) is 30.3 Å². The van der Waals surface area contributed by atoms with E-state index in [1.54, 1.807) is 24.1 Å². The second kappa shape index (κ2) is 8.61. The number of nitrogens with zero attached hydrogens (tertiary/aromatic N) is 2. The van der Waals surface area contributed by atoms with Crippen molar-refractivity contribution in [2.45, 2.75) is 26.2 Å². The number of amides is 2. The van der Waals surface area contributed by atoms with E-state index < -0.39 is 18.6 Å². The van der Waals surface area contributed by atoms with Crippen molar-refractivity contribution in [2.24, 2.45) is 0 Å². The number of halogens is 3. The number of carbonyl (C=O) groups excluding carboxylic acids is 2. The molecule has 2 amide bonds. The molecule has 2 aromatic carbocycles. The second-order valence-electron chi connectivity index (χ2n) is 7.18. The Morgan fingerprint density at radius 2 is 1.73 bits per heavy atom. The summed E-state index contributed by atoms with van der Waals surface area (Å²) in [5.41, 5.74) is 2.89. The predicted molar refractivity (Wildman–Crippen MR) is 108 cm³/mol. The van der Waals surface area contributed by atoms with Gasteiger partial charge in [-0.25, -0.2) is 0 Å². The van der Waals surface area contributed by atoms with Crippen LogP contribution in [0.2, 0.25) is 0 Å². The van der Waals surface area contributed by atoms with Crippen molar-refractivity contribution in [3.05, 3.63) is 71.4 Å². The third-order valence-corrected chi connectivity index (χ3v) is 4.82. The molecule has 0 saturated heterocycles. The molecule has 0 atom stereocenters. The highest BCUT2D eigenvalue weighted by atomic mass is 19.4. The fourth-order valence-electron chi connectivity index (χ4n) is 3.22. The molecule has 0 aliphatic rings. The first kappa shape index (κ1) is 21.4. The summed E-state index contributed by atoms with van der Waals surface area (Å²) < 4.78 is 38.6. The second-order valence-corrected chi connectivity index (χ2v) is 7.18. The van der Waals surface area contributed by atoms with Crippen molar-refractivity contribution in [3.8, 4) is 0 Å². The van der Waals surface area contributed by atoms with Crippen LogP contribution >= 0.6 is 0 Å². The predicted octanol–water partition coefficient (Wildman–Crippen LogP) is 3.90. The van der Waals surface area contributed by atoms with Crippen molar-refractivity contribution in [1.29, 1.82) is 0 Å². The fourth-order valence-corrected chi connectivity index (χ4v) is 3.22. The van der Waals surface area contributed by atoms with Gasteiger partial charge in [-0.2, -0.15) is 13.2 Å². The van der Waals surface area contributed by atoms with Crippen LogP contribution < -0.4 is 5.32 Å². The number of benzene rings is 2. The summed E-state index contributed by atoms with van der Waals surface area (Å²) in [6.45, 7) is 1.10. The molecule has 0 radical (unpaired) electrons. The minimum absolute atomic E-state index is 0.0774. The number of hydrogen-bond acceptors (Lipinski definition) is 2. The van der Waals surface area contributed by atoms with E-state index >= 15 is 0 Å². The minimum atomic E-state index is -4.46. The van der Waals surface area contributed by atoms with Gasteiger partial charge in [0.1, 0.15) is 13.1 Å². The number of para-hydroxylation sites is 1. The zero-order valence-electron chi connectivity index (χ0n) is 16.7. The van der Waals surface area contributed by atoms with Crippen LogP contribution in [0.25, 0.3) is 10.9 Å². The van der Waals surface area contributed by atoms with Crippen molar-refractivity contribution in [1.82, 2.24) is 14.8 Å². The van der Waals surface area contributed by atoms with E-state index in [0.29, 0.717) is 6.54 Å². The SMILES string of the molecule is Cc1cc2ccccc2n1CC(=O)N(C)Cc1ccc(C(=O)NCC(F)(F)F)cc1. The third-order valence-electron chi connectivity index (χ3n) is 4.82. The van der Waals surface area contributed by atoms with Crippen molar-refractivity contribution >= 4 is 22.7 Å². The zero-order valence-corrected chi connectivity index (χ0v) is 16.7. The molecular weight excluding hydrogens is 395 g/mol. The molecule has 1 heterocycles. The first-order valence-corrected chi connectivity index (χ1v) is 9.37. The van der Waals surface area contributed by atoms with Gasteiger partial charge in [0, 0.05) is 30.4 Å². The fraction of sp³-hybridized carbons (Fsp3) is 0.273. The van der Waals surface area contributed by atoms with Crippen LogP contribution in [0, 0.1) is 6.92 Å². The topological polar surface area (TPSA) is 54.3 Å². The largest absolute Gasteiger partial charge is 0.405 e. The highest BCUT2D eigenvalue weighted by molar-refractivity contribution is 5.94. The Bertz CT molecular complexity index is 1060. The van der Waals surface area contributed by atoms with Crippen molar-refractivity contribution in [2.75, 3.05) is 13.6 Å². The maximum Gasteiger partial charge on any atom is 0.405 e.